The maximum absolute atomic E-state index is 12.7. The quantitative estimate of drug-likeness (QED) is 0.861. The van der Waals surface area contributed by atoms with E-state index < -0.39 is 0 Å². The summed E-state index contributed by atoms with van der Waals surface area (Å²) in [6, 6.07) is 8.27. The van der Waals surface area contributed by atoms with E-state index in [4.69, 9.17) is 9.72 Å². The summed E-state index contributed by atoms with van der Waals surface area (Å²) in [5.74, 6) is 0.711. The van der Waals surface area contributed by atoms with Crippen LogP contribution >= 0.6 is 0 Å². The zero-order chi connectivity index (χ0) is 17.3. The van der Waals surface area contributed by atoms with Crippen molar-refractivity contribution < 1.29 is 4.74 Å². The lowest BCUT2D eigenvalue weighted by Crippen LogP contribution is -2.48. The van der Waals surface area contributed by atoms with Crippen LogP contribution in [0.15, 0.2) is 29.1 Å². The third kappa shape index (κ3) is 3.07. The predicted molar refractivity (Wildman–Crippen MR) is 94.7 cm³/mol. The van der Waals surface area contributed by atoms with Crippen molar-refractivity contribution in [2.24, 2.45) is 0 Å². The maximum Gasteiger partial charge on any atom is 0.259 e. The van der Waals surface area contributed by atoms with E-state index in [1.807, 2.05) is 19.9 Å². The van der Waals surface area contributed by atoms with Gasteiger partial charge in [0.05, 0.1) is 19.9 Å². The largest absolute Gasteiger partial charge is 0.383 e. The molecule has 0 N–H and O–H groups in total. The zero-order valence-electron chi connectivity index (χ0n) is 14.7. The molecule has 1 aromatic carbocycles. The highest BCUT2D eigenvalue weighted by atomic mass is 16.5. The Kier molecular flexibility index (Phi) is 4.69. The number of rotatable bonds is 4. The van der Waals surface area contributed by atoms with Gasteiger partial charge in [-0.2, -0.15) is 0 Å². The van der Waals surface area contributed by atoms with E-state index in [1.54, 1.807) is 11.7 Å². The van der Waals surface area contributed by atoms with Gasteiger partial charge >= 0.3 is 0 Å². The Hall–Kier alpha value is -2.18. The van der Waals surface area contributed by atoms with Gasteiger partial charge in [-0.15, -0.1) is 0 Å². The summed E-state index contributed by atoms with van der Waals surface area (Å²) in [5.41, 5.74) is 3.74. The van der Waals surface area contributed by atoms with E-state index in [1.165, 1.54) is 5.56 Å². The molecule has 0 bridgehead atoms. The van der Waals surface area contributed by atoms with E-state index in [0.29, 0.717) is 31.5 Å². The van der Waals surface area contributed by atoms with Crippen LogP contribution < -0.4 is 10.5 Å². The minimum absolute atomic E-state index is 0.0252. The number of benzene rings is 1. The third-order valence-corrected chi connectivity index (χ3v) is 4.47. The minimum Gasteiger partial charge on any atom is -0.383 e. The number of ether oxygens (including phenoxy) is 1. The lowest BCUT2D eigenvalue weighted by atomic mass is 10.2. The second kappa shape index (κ2) is 6.75. The van der Waals surface area contributed by atoms with Crippen LogP contribution in [0.3, 0.4) is 0 Å². The molecule has 0 saturated carbocycles. The van der Waals surface area contributed by atoms with Crippen LogP contribution in [0, 0.1) is 20.8 Å². The second-order valence-electron chi connectivity index (χ2n) is 6.29. The first-order chi connectivity index (χ1) is 11.5. The summed E-state index contributed by atoms with van der Waals surface area (Å²) in [6.07, 6.45) is 0. The van der Waals surface area contributed by atoms with Crippen LogP contribution in [-0.4, -0.2) is 41.4 Å². The molecule has 0 aliphatic carbocycles. The number of aryl methyl sites for hydroxylation is 2. The second-order valence-corrected chi connectivity index (χ2v) is 6.29. The summed E-state index contributed by atoms with van der Waals surface area (Å²) in [7, 11) is 1.69. The van der Waals surface area contributed by atoms with Crippen molar-refractivity contribution in [3.63, 3.8) is 0 Å². The number of fused-ring (bicyclic) bond motifs is 1. The molecule has 1 aliphatic rings. The van der Waals surface area contributed by atoms with Gasteiger partial charge < -0.3 is 4.74 Å². The molecule has 1 aliphatic heterocycles. The zero-order valence-corrected chi connectivity index (χ0v) is 14.7. The number of hydrogen-bond donors (Lipinski definition) is 0. The first kappa shape index (κ1) is 16.7. The van der Waals surface area contributed by atoms with Crippen LogP contribution in [0.25, 0.3) is 0 Å². The molecule has 0 unspecified atom stereocenters. The Balaban J connectivity index is 2.10. The molecule has 2 heterocycles. The Morgan fingerprint density at radius 1 is 1.21 bits per heavy atom. The molecular formula is C18H24N4O2. The van der Waals surface area contributed by atoms with Crippen LogP contribution in [0.1, 0.15) is 16.8 Å². The number of anilines is 2. The van der Waals surface area contributed by atoms with Crippen LogP contribution in [0.5, 0.6) is 0 Å². The highest BCUT2D eigenvalue weighted by Gasteiger charge is 2.26. The standard InChI is InChI=1S/C18H24N4O2/c1-13-6-5-7-16(10-13)21-11-20(8-9-24-4)12-22-17(23)14(2)15(3)19-18(21)22/h5-7,10H,8-9,11-12H2,1-4H3. The molecule has 24 heavy (non-hydrogen) atoms. The summed E-state index contributed by atoms with van der Waals surface area (Å²) in [6.45, 7) is 8.40. The maximum atomic E-state index is 12.7. The van der Waals surface area contributed by atoms with E-state index in [2.05, 4.69) is 34.9 Å². The number of aromatic nitrogens is 2. The van der Waals surface area contributed by atoms with Crippen LogP contribution in [-0.2, 0) is 11.4 Å². The van der Waals surface area contributed by atoms with Crippen molar-refractivity contribution in [2.75, 3.05) is 31.8 Å². The summed E-state index contributed by atoms with van der Waals surface area (Å²) < 4.78 is 6.96. The molecule has 0 saturated heterocycles. The number of hydrogen-bond acceptors (Lipinski definition) is 5. The molecule has 0 atom stereocenters. The number of nitrogens with zero attached hydrogens (tertiary/aromatic N) is 4. The van der Waals surface area contributed by atoms with E-state index in [9.17, 15) is 4.79 Å². The van der Waals surface area contributed by atoms with Gasteiger partial charge in [0.1, 0.15) is 0 Å². The first-order valence-electron chi connectivity index (χ1n) is 8.15. The van der Waals surface area contributed by atoms with Crippen molar-refractivity contribution in [3.8, 4) is 0 Å². The summed E-state index contributed by atoms with van der Waals surface area (Å²) >= 11 is 0. The molecule has 0 fully saturated rings. The smallest absolute Gasteiger partial charge is 0.259 e. The number of methoxy groups -OCH3 is 1. The normalized spacial score (nSPS) is 14.8. The third-order valence-electron chi connectivity index (χ3n) is 4.47. The van der Waals surface area contributed by atoms with Crippen molar-refractivity contribution in [3.05, 3.63) is 51.4 Å². The first-order valence-corrected chi connectivity index (χ1v) is 8.15. The average Bonchev–Trinajstić information content (AvgIpc) is 2.58. The molecule has 0 spiro atoms. The fourth-order valence-electron chi connectivity index (χ4n) is 2.94. The van der Waals surface area contributed by atoms with Gasteiger partial charge in [0.15, 0.2) is 0 Å². The SMILES string of the molecule is COCCN1CN(c2cccc(C)c2)c2nc(C)c(C)c(=O)n2C1. The van der Waals surface area contributed by atoms with Crippen molar-refractivity contribution in [1.29, 1.82) is 0 Å². The van der Waals surface area contributed by atoms with Gasteiger partial charge in [0.2, 0.25) is 5.95 Å². The van der Waals surface area contributed by atoms with Crippen LogP contribution in [0.2, 0.25) is 0 Å². The Morgan fingerprint density at radius 2 is 2.00 bits per heavy atom. The molecule has 1 aromatic heterocycles. The van der Waals surface area contributed by atoms with Gasteiger partial charge in [-0.3, -0.25) is 19.2 Å². The van der Waals surface area contributed by atoms with Crippen LogP contribution in [0.4, 0.5) is 11.6 Å². The summed E-state index contributed by atoms with van der Waals surface area (Å²) in [5, 5.41) is 0. The Morgan fingerprint density at radius 3 is 2.71 bits per heavy atom. The van der Waals surface area contributed by atoms with Gasteiger partial charge in [-0.1, -0.05) is 12.1 Å². The molecule has 6 heteroatoms. The molecule has 6 nitrogen and oxygen atoms in total. The van der Waals surface area contributed by atoms with Crippen molar-refractivity contribution >= 4 is 11.6 Å². The predicted octanol–water partition coefficient (Wildman–Crippen LogP) is 2.18. The van der Waals surface area contributed by atoms with E-state index in [-0.39, 0.29) is 5.56 Å². The van der Waals surface area contributed by atoms with Gasteiger partial charge in [0, 0.05) is 30.6 Å². The molecule has 2 aromatic rings. The summed E-state index contributed by atoms with van der Waals surface area (Å²) in [4.78, 5) is 21.7. The van der Waals surface area contributed by atoms with Crippen molar-refractivity contribution in [1.82, 2.24) is 14.5 Å². The molecular weight excluding hydrogens is 304 g/mol. The van der Waals surface area contributed by atoms with E-state index in [0.717, 1.165) is 17.9 Å². The molecule has 0 radical (unpaired) electrons. The van der Waals surface area contributed by atoms with Gasteiger partial charge in [0.25, 0.3) is 5.56 Å². The van der Waals surface area contributed by atoms with Crippen molar-refractivity contribution in [2.45, 2.75) is 27.4 Å². The fourth-order valence-corrected chi connectivity index (χ4v) is 2.94. The van der Waals surface area contributed by atoms with Gasteiger partial charge in [-0.05, 0) is 38.5 Å². The lowest BCUT2D eigenvalue weighted by molar-refractivity contribution is 0.121. The molecule has 3 rings (SSSR count). The lowest BCUT2D eigenvalue weighted by Gasteiger charge is -2.38. The topological polar surface area (TPSA) is 50.6 Å². The highest BCUT2D eigenvalue weighted by Crippen LogP contribution is 2.27. The highest BCUT2D eigenvalue weighted by molar-refractivity contribution is 5.59. The van der Waals surface area contributed by atoms with Gasteiger partial charge in [-0.25, -0.2) is 4.98 Å². The Bertz CT molecular complexity index is 800. The average molecular weight is 328 g/mol. The molecule has 0 amide bonds. The Labute approximate surface area is 142 Å². The fraction of sp³-hybridized carbons (Fsp3) is 0.444. The van der Waals surface area contributed by atoms with E-state index >= 15 is 0 Å². The monoisotopic (exact) mass is 328 g/mol. The minimum atomic E-state index is 0.0252. The molecule has 128 valence electrons.